The molecule has 0 saturated carbocycles. The first-order valence-electron chi connectivity index (χ1n) is 5.84. The second-order valence-corrected chi connectivity index (χ2v) is 9.68. The zero-order valence-electron chi connectivity index (χ0n) is 10.8. The lowest BCUT2D eigenvalue weighted by Gasteiger charge is -2.11. The van der Waals surface area contributed by atoms with Crippen LogP contribution in [0.3, 0.4) is 0 Å². The van der Waals surface area contributed by atoms with Crippen molar-refractivity contribution in [2.24, 2.45) is 0 Å². The molecular weight excluding hydrogens is 396 g/mol. The van der Waals surface area contributed by atoms with Crippen molar-refractivity contribution in [1.29, 1.82) is 0 Å². The molecule has 0 atom stereocenters. The lowest BCUT2D eigenvalue weighted by atomic mass is 10.5. The smallest absolute Gasteiger partial charge is 0.274 e. The molecule has 9 heteroatoms. The lowest BCUT2D eigenvalue weighted by Crippen LogP contribution is -2.12. The van der Waals surface area contributed by atoms with E-state index in [1.165, 1.54) is 11.3 Å². The summed E-state index contributed by atoms with van der Waals surface area (Å²) in [4.78, 5) is 0.819. The number of thiol groups is 1. The highest BCUT2D eigenvalue weighted by Gasteiger charge is 2.25. The number of nitrogens with one attached hydrogen (secondary N) is 1. The van der Waals surface area contributed by atoms with Gasteiger partial charge in [0.2, 0.25) is 0 Å². The third-order valence-electron chi connectivity index (χ3n) is 2.75. The number of thiophene rings is 1. The van der Waals surface area contributed by atoms with Crippen LogP contribution in [0.25, 0.3) is 0 Å². The molecule has 5 nitrogen and oxygen atoms in total. The topological polar surface area (TPSA) is 72.2 Å². The van der Waals surface area contributed by atoms with Crippen LogP contribution >= 0.6 is 38.2 Å². The van der Waals surface area contributed by atoms with Crippen LogP contribution in [0.5, 0.6) is 0 Å². The molecule has 0 aliphatic carbocycles. The monoisotopic (exact) mass is 406 g/mol. The number of halogens is 1. The van der Waals surface area contributed by atoms with Crippen LogP contribution in [0, 0.1) is 6.92 Å². The maximum absolute atomic E-state index is 12.6. The van der Waals surface area contributed by atoms with Gasteiger partial charge >= 0.3 is 0 Å². The van der Waals surface area contributed by atoms with Crippen LogP contribution < -0.4 is 4.72 Å². The maximum atomic E-state index is 12.6. The van der Waals surface area contributed by atoms with E-state index in [2.05, 4.69) is 25.8 Å². The number of hydrogen-bond donors (Lipinski definition) is 2. The van der Waals surface area contributed by atoms with Crippen molar-refractivity contribution < 1.29 is 12.9 Å². The lowest BCUT2D eigenvalue weighted by molar-refractivity contribution is 0.430. The molecule has 21 heavy (non-hydrogen) atoms. The summed E-state index contributed by atoms with van der Waals surface area (Å²) in [6, 6.07) is 1.85. The molecule has 0 radical (unpaired) electrons. The molecule has 2 aromatic rings. The minimum atomic E-state index is -3.69. The molecule has 3 rings (SSSR count). The number of rotatable bonds is 4. The molecule has 0 amide bonds. The van der Waals surface area contributed by atoms with Crippen molar-refractivity contribution in [3.05, 3.63) is 44.6 Å². The number of allylic oxidation sites excluding steroid dienone is 2. The summed E-state index contributed by atoms with van der Waals surface area (Å²) in [7, 11) is -4.39. The highest BCUT2D eigenvalue weighted by Crippen LogP contribution is 2.47. The van der Waals surface area contributed by atoms with E-state index in [4.69, 9.17) is 4.52 Å². The zero-order valence-corrected chi connectivity index (χ0v) is 14.9. The van der Waals surface area contributed by atoms with Gasteiger partial charge < -0.3 is 4.52 Å². The van der Waals surface area contributed by atoms with Crippen molar-refractivity contribution in [2.45, 2.75) is 16.0 Å². The Labute approximate surface area is 137 Å². The van der Waals surface area contributed by atoms with Crippen molar-refractivity contribution in [3.63, 3.8) is 0 Å². The third-order valence-corrected chi connectivity index (χ3v) is 8.72. The minimum Gasteiger partial charge on any atom is -0.336 e. The number of nitrogens with zero attached hydrogens (tertiary/aromatic N) is 1. The fraction of sp³-hybridized carbons (Fsp3) is 0.0833. The van der Waals surface area contributed by atoms with E-state index in [1.54, 1.807) is 12.3 Å². The average Bonchev–Trinajstić information content (AvgIpc) is 3.14. The van der Waals surface area contributed by atoms with E-state index in [0.717, 1.165) is 4.90 Å². The number of hydrogen-bond acceptors (Lipinski definition) is 5. The third kappa shape index (κ3) is 2.83. The molecule has 0 bridgehead atoms. The normalized spacial score (nSPS) is 15.8. The number of sulfonamides is 1. The van der Waals surface area contributed by atoms with E-state index in [9.17, 15) is 8.42 Å². The summed E-state index contributed by atoms with van der Waals surface area (Å²) in [5, 5.41) is 9.54. The van der Waals surface area contributed by atoms with Gasteiger partial charge in [0.25, 0.3) is 15.9 Å². The first-order valence-corrected chi connectivity index (χ1v) is 10.5. The van der Waals surface area contributed by atoms with Gasteiger partial charge in [0.1, 0.15) is 4.47 Å². The predicted octanol–water partition coefficient (Wildman–Crippen LogP) is 4.01. The molecule has 3 heterocycles. The summed E-state index contributed by atoms with van der Waals surface area (Å²) in [6.45, 7) is 1.72. The Hall–Kier alpha value is -1.03. The molecule has 0 aromatic carbocycles. The maximum Gasteiger partial charge on any atom is 0.274 e. The average molecular weight is 407 g/mol. The zero-order chi connectivity index (χ0) is 15.0. The van der Waals surface area contributed by atoms with E-state index >= 15 is 0 Å². The fourth-order valence-corrected chi connectivity index (χ4v) is 6.98. The molecule has 1 aliphatic heterocycles. The van der Waals surface area contributed by atoms with Crippen LogP contribution in [-0.2, 0) is 10.0 Å². The van der Waals surface area contributed by atoms with Gasteiger partial charge in [-0.25, -0.2) is 13.1 Å². The highest BCUT2D eigenvalue weighted by atomic mass is 79.9. The van der Waals surface area contributed by atoms with Crippen LogP contribution in [0.1, 0.15) is 5.69 Å². The molecule has 0 unspecified atom stereocenters. The Morgan fingerprint density at radius 1 is 1.38 bits per heavy atom. The Morgan fingerprint density at radius 2 is 2.10 bits per heavy atom. The summed E-state index contributed by atoms with van der Waals surface area (Å²) in [6.07, 6.45) is 3.87. The summed E-state index contributed by atoms with van der Waals surface area (Å²) in [5.74, 6) is 0.0946. The molecule has 112 valence electrons. The second kappa shape index (κ2) is 5.64. The van der Waals surface area contributed by atoms with Gasteiger partial charge in [-0.1, -0.05) is 17.3 Å². The Morgan fingerprint density at radius 3 is 2.71 bits per heavy atom. The quantitative estimate of drug-likeness (QED) is 0.752. The fourth-order valence-electron chi connectivity index (χ4n) is 1.77. The van der Waals surface area contributed by atoms with E-state index in [-0.39, 0.29) is 5.88 Å². The number of aryl methyl sites for hydroxylation is 1. The molecule has 0 spiro atoms. The molecular formula is C12H11BrN2O3S3. The van der Waals surface area contributed by atoms with E-state index < -0.39 is 20.9 Å². The summed E-state index contributed by atoms with van der Waals surface area (Å²) < 4.78 is 33.4. The minimum absolute atomic E-state index is 0.0946. The van der Waals surface area contributed by atoms with Gasteiger partial charge in [0.05, 0.1) is 5.69 Å². The Kier molecular flexibility index (Phi) is 4.00. The van der Waals surface area contributed by atoms with Gasteiger partial charge in [-0.3, -0.25) is 0 Å². The molecule has 0 fully saturated rings. The van der Waals surface area contributed by atoms with E-state index in [0.29, 0.717) is 14.4 Å². The number of anilines is 1. The Balaban J connectivity index is 1.96. The molecule has 1 N–H and O–H groups in total. The largest absolute Gasteiger partial charge is 0.336 e. The van der Waals surface area contributed by atoms with Crippen LogP contribution in [0.15, 0.2) is 52.5 Å². The van der Waals surface area contributed by atoms with Crippen molar-refractivity contribution >= 4 is 54.1 Å². The second-order valence-electron chi connectivity index (χ2n) is 4.20. The van der Waals surface area contributed by atoms with Gasteiger partial charge in [0, 0.05) is 4.90 Å². The molecule has 0 saturated heterocycles. The van der Waals surface area contributed by atoms with Crippen molar-refractivity contribution in [3.8, 4) is 0 Å². The Bertz CT molecular complexity index is 824. The van der Waals surface area contributed by atoms with Gasteiger partial charge in [0.15, 0.2) is 4.21 Å². The standard InChI is InChI=1S/C12H11BrN2O3S3/c1-8-10(13)11(18-14-8)15-21(16,17)12-9(4-5-19-12)20-6-2-3-7-20/h2-7,15,20H,1H3. The summed E-state index contributed by atoms with van der Waals surface area (Å²) in [5.41, 5.74) is 0.588. The summed E-state index contributed by atoms with van der Waals surface area (Å²) >= 11 is 4.45. The predicted molar refractivity (Wildman–Crippen MR) is 89.6 cm³/mol. The van der Waals surface area contributed by atoms with Crippen molar-refractivity contribution in [1.82, 2.24) is 5.16 Å². The molecule has 2 aromatic heterocycles. The first-order chi connectivity index (χ1) is 9.99. The SMILES string of the molecule is Cc1noc(NS(=O)(=O)c2sccc2[SH]2C=CC=C2)c1Br. The van der Waals surface area contributed by atoms with Crippen LogP contribution in [0.4, 0.5) is 5.88 Å². The van der Waals surface area contributed by atoms with Crippen molar-refractivity contribution in [2.75, 3.05) is 4.72 Å². The van der Waals surface area contributed by atoms with Gasteiger partial charge in [-0.15, -0.1) is 11.3 Å². The molecule has 1 aliphatic rings. The first kappa shape index (κ1) is 14.9. The van der Waals surface area contributed by atoms with Crippen LogP contribution in [-0.4, -0.2) is 13.6 Å². The number of aromatic nitrogens is 1. The van der Waals surface area contributed by atoms with Gasteiger partial charge in [-0.2, -0.15) is 10.9 Å². The van der Waals surface area contributed by atoms with Crippen LogP contribution in [0.2, 0.25) is 0 Å². The van der Waals surface area contributed by atoms with E-state index in [1.807, 2.05) is 29.0 Å². The highest BCUT2D eigenvalue weighted by molar-refractivity contribution is 9.10. The van der Waals surface area contributed by atoms with Gasteiger partial charge in [-0.05, 0) is 45.1 Å².